The Hall–Kier alpha value is -0.960. The first-order valence-corrected chi connectivity index (χ1v) is 6.63. The van der Waals surface area contributed by atoms with Gasteiger partial charge in [-0.2, -0.15) is 0 Å². The van der Waals surface area contributed by atoms with Crippen molar-refractivity contribution in [3.05, 3.63) is 28.8 Å². The fourth-order valence-electron chi connectivity index (χ4n) is 1.70. The van der Waals surface area contributed by atoms with Crippen molar-refractivity contribution in [1.82, 2.24) is 0 Å². The van der Waals surface area contributed by atoms with Crippen molar-refractivity contribution in [3.8, 4) is 0 Å². The number of hydrogen-bond donors (Lipinski definition) is 1. The molecule has 1 aromatic carbocycles. The molecule has 16 heavy (non-hydrogen) atoms. The number of aliphatic carboxylic acids is 1. The molecule has 0 spiro atoms. The fraction of sp³-hybridized carbons (Fsp3) is 0.462. The minimum atomic E-state index is -0.713. The molecule has 1 aromatic rings. The van der Waals surface area contributed by atoms with Gasteiger partial charge in [-0.1, -0.05) is 0 Å². The van der Waals surface area contributed by atoms with E-state index >= 15 is 0 Å². The van der Waals surface area contributed by atoms with E-state index < -0.39 is 5.97 Å². The van der Waals surface area contributed by atoms with Crippen LogP contribution in [0.15, 0.2) is 17.0 Å². The highest BCUT2D eigenvalue weighted by Gasteiger charge is 2.05. The van der Waals surface area contributed by atoms with E-state index in [-0.39, 0.29) is 6.42 Å². The first kappa shape index (κ1) is 13.1. The average molecular weight is 238 g/mol. The van der Waals surface area contributed by atoms with Gasteiger partial charge in [0.05, 0.1) is 0 Å². The maximum atomic E-state index is 10.5. The van der Waals surface area contributed by atoms with Crippen LogP contribution in [0.1, 0.15) is 29.5 Å². The van der Waals surface area contributed by atoms with Gasteiger partial charge in [0.25, 0.3) is 0 Å². The molecule has 1 N–H and O–H groups in total. The van der Waals surface area contributed by atoms with Crippen LogP contribution >= 0.6 is 11.8 Å². The summed E-state index contributed by atoms with van der Waals surface area (Å²) in [6, 6.07) is 4.36. The summed E-state index contributed by atoms with van der Waals surface area (Å²) in [5.74, 6) is -0.713. The lowest BCUT2D eigenvalue weighted by Gasteiger charge is -2.10. The second kappa shape index (κ2) is 5.94. The average Bonchev–Trinajstić information content (AvgIpc) is 2.23. The van der Waals surface area contributed by atoms with Crippen molar-refractivity contribution in [3.63, 3.8) is 0 Å². The minimum Gasteiger partial charge on any atom is -0.481 e. The SMILES string of the molecule is CSc1cc(C)c(C)c(CCCC(=O)O)c1. The molecule has 0 aliphatic rings. The van der Waals surface area contributed by atoms with Crippen molar-refractivity contribution in [2.75, 3.05) is 6.26 Å². The molecule has 0 aliphatic heterocycles. The van der Waals surface area contributed by atoms with Crippen LogP contribution in [0.25, 0.3) is 0 Å². The number of benzene rings is 1. The molecule has 1 rings (SSSR count). The molecule has 88 valence electrons. The number of carboxylic acid groups (broad SMARTS) is 1. The van der Waals surface area contributed by atoms with Gasteiger partial charge < -0.3 is 5.11 Å². The molecule has 0 aromatic heterocycles. The van der Waals surface area contributed by atoms with E-state index in [9.17, 15) is 4.79 Å². The number of aryl methyl sites for hydroxylation is 2. The Morgan fingerprint density at radius 2 is 2.06 bits per heavy atom. The Balaban J connectivity index is 2.78. The normalized spacial score (nSPS) is 10.4. The smallest absolute Gasteiger partial charge is 0.303 e. The van der Waals surface area contributed by atoms with Gasteiger partial charge in [-0.3, -0.25) is 4.79 Å². The summed E-state index contributed by atoms with van der Waals surface area (Å²) in [5.41, 5.74) is 3.87. The van der Waals surface area contributed by atoms with Crippen molar-refractivity contribution >= 4 is 17.7 Å². The summed E-state index contributed by atoms with van der Waals surface area (Å²) in [6.45, 7) is 4.21. The van der Waals surface area contributed by atoms with E-state index in [4.69, 9.17) is 5.11 Å². The maximum Gasteiger partial charge on any atom is 0.303 e. The monoisotopic (exact) mass is 238 g/mol. The molecule has 0 amide bonds. The number of thioether (sulfide) groups is 1. The van der Waals surface area contributed by atoms with Crippen LogP contribution in [0.4, 0.5) is 0 Å². The van der Waals surface area contributed by atoms with Gasteiger partial charge in [-0.15, -0.1) is 11.8 Å². The highest BCUT2D eigenvalue weighted by atomic mass is 32.2. The van der Waals surface area contributed by atoms with Gasteiger partial charge in [0.1, 0.15) is 0 Å². The lowest BCUT2D eigenvalue weighted by molar-refractivity contribution is -0.137. The Kier molecular flexibility index (Phi) is 4.87. The molecule has 3 heteroatoms. The summed E-state index contributed by atoms with van der Waals surface area (Å²) in [4.78, 5) is 11.7. The summed E-state index contributed by atoms with van der Waals surface area (Å²) in [5, 5.41) is 8.61. The molecular weight excluding hydrogens is 220 g/mol. The lowest BCUT2D eigenvalue weighted by Crippen LogP contribution is -1.98. The van der Waals surface area contributed by atoms with Gasteiger partial charge in [-0.05, 0) is 61.8 Å². The van der Waals surface area contributed by atoms with Gasteiger partial charge >= 0.3 is 5.97 Å². The molecule has 2 nitrogen and oxygen atoms in total. The topological polar surface area (TPSA) is 37.3 Å². The number of rotatable bonds is 5. The molecule has 0 bridgehead atoms. The van der Waals surface area contributed by atoms with Crippen molar-refractivity contribution in [1.29, 1.82) is 0 Å². The second-order valence-electron chi connectivity index (χ2n) is 3.98. The molecule has 0 saturated carbocycles. The molecule has 0 atom stereocenters. The molecule has 0 unspecified atom stereocenters. The van der Waals surface area contributed by atoms with Gasteiger partial charge in [0.2, 0.25) is 0 Å². The van der Waals surface area contributed by atoms with Gasteiger partial charge in [0.15, 0.2) is 0 Å². The van der Waals surface area contributed by atoms with E-state index in [0.717, 1.165) is 6.42 Å². The summed E-state index contributed by atoms with van der Waals surface area (Å²) < 4.78 is 0. The molecule has 0 radical (unpaired) electrons. The van der Waals surface area contributed by atoms with E-state index in [2.05, 4.69) is 32.2 Å². The molecular formula is C13H18O2S. The van der Waals surface area contributed by atoms with E-state index in [1.54, 1.807) is 11.8 Å². The van der Waals surface area contributed by atoms with Crippen LogP contribution in [0, 0.1) is 13.8 Å². The fourth-order valence-corrected chi connectivity index (χ4v) is 2.26. The van der Waals surface area contributed by atoms with Crippen LogP contribution < -0.4 is 0 Å². The molecule has 0 heterocycles. The Morgan fingerprint density at radius 3 is 2.62 bits per heavy atom. The van der Waals surface area contributed by atoms with E-state index in [0.29, 0.717) is 6.42 Å². The Morgan fingerprint density at radius 1 is 1.38 bits per heavy atom. The van der Waals surface area contributed by atoms with E-state index in [1.165, 1.54) is 21.6 Å². The number of carboxylic acids is 1. The summed E-state index contributed by atoms with van der Waals surface area (Å²) in [7, 11) is 0. The largest absolute Gasteiger partial charge is 0.481 e. The summed E-state index contributed by atoms with van der Waals surface area (Å²) in [6.07, 6.45) is 3.88. The van der Waals surface area contributed by atoms with Crippen molar-refractivity contribution in [2.24, 2.45) is 0 Å². The van der Waals surface area contributed by atoms with Crippen LogP contribution in [0.5, 0.6) is 0 Å². The van der Waals surface area contributed by atoms with Crippen LogP contribution in [0.2, 0.25) is 0 Å². The Bertz CT molecular complexity index is 386. The molecule has 0 saturated heterocycles. The van der Waals surface area contributed by atoms with E-state index in [1.807, 2.05) is 0 Å². The second-order valence-corrected chi connectivity index (χ2v) is 4.86. The predicted octanol–water partition coefficient (Wildman–Crippen LogP) is 3.43. The first-order chi connectivity index (χ1) is 7.54. The van der Waals surface area contributed by atoms with Crippen molar-refractivity contribution in [2.45, 2.75) is 38.0 Å². The zero-order chi connectivity index (χ0) is 12.1. The van der Waals surface area contributed by atoms with Crippen LogP contribution in [0.3, 0.4) is 0 Å². The third kappa shape index (κ3) is 3.56. The standard InChI is InChI=1S/C13H18O2S/c1-9-7-12(16-3)8-11(10(9)2)5-4-6-13(14)15/h7-8H,4-6H2,1-3H3,(H,14,15). The lowest BCUT2D eigenvalue weighted by atomic mass is 9.99. The minimum absolute atomic E-state index is 0.252. The first-order valence-electron chi connectivity index (χ1n) is 5.40. The zero-order valence-corrected chi connectivity index (χ0v) is 10.9. The van der Waals surface area contributed by atoms with Gasteiger partial charge in [0, 0.05) is 11.3 Å². The number of carbonyl (C=O) groups is 1. The highest BCUT2D eigenvalue weighted by molar-refractivity contribution is 7.98. The maximum absolute atomic E-state index is 10.5. The highest BCUT2D eigenvalue weighted by Crippen LogP contribution is 2.23. The van der Waals surface area contributed by atoms with Crippen LogP contribution in [-0.4, -0.2) is 17.3 Å². The Labute approximate surface area is 101 Å². The third-order valence-electron chi connectivity index (χ3n) is 2.82. The quantitative estimate of drug-likeness (QED) is 0.798. The number of hydrogen-bond acceptors (Lipinski definition) is 2. The zero-order valence-electron chi connectivity index (χ0n) is 10.0. The van der Waals surface area contributed by atoms with Gasteiger partial charge in [-0.25, -0.2) is 0 Å². The molecule has 0 fully saturated rings. The third-order valence-corrected chi connectivity index (χ3v) is 3.53. The van der Waals surface area contributed by atoms with Crippen molar-refractivity contribution < 1.29 is 9.90 Å². The summed E-state index contributed by atoms with van der Waals surface area (Å²) >= 11 is 1.73. The predicted molar refractivity (Wildman–Crippen MR) is 68.3 cm³/mol. The van der Waals surface area contributed by atoms with Crippen LogP contribution in [-0.2, 0) is 11.2 Å². The molecule has 0 aliphatic carbocycles.